The summed E-state index contributed by atoms with van der Waals surface area (Å²) in [4.78, 5) is 11.9. The summed E-state index contributed by atoms with van der Waals surface area (Å²) in [6.45, 7) is 0. The zero-order chi connectivity index (χ0) is 13.1. The van der Waals surface area contributed by atoms with Crippen molar-refractivity contribution < 1.29 is 13.2 Å². The molecule has 0 aromatic heterocycles. The molecular weight excluding hydrogens is 238 g/mol. The highest BCUT2D eigenvalue weighted by Gasteiger charge is 2.33. The third-order valence-corrected chi connectivity index (χ3v) is 4.98. The van der Waals surface area contributed by atoms with Gasteiger partial charge in [0.05, 0.1) is 11.3 Å². The maximum atomic E-state index is 11.9. The summed E-state index contributed by atoms with van der Waals surface area (Å²) in [5, 5.41) is -0.400. The molecule has 1 rings (SSSR count). The van der Waals surface area contributed by atoms with Crippen LogP contribution in [0.15, 0.2) is 0 Å². The zero-order valence-corrected chi connectivity index (χ0v) is 10.9. The Hall–Kier alpha value is -0.860. The van der Waals surface area contributed by atoms with Gasteiger partial charge in [-0.05, 0) is 19.3 Å². The predicted octanol–water partition coefficient (Wildman–Crippen LogP) is 0.509. The van der Waals surface area contributed by atoms with Crippen LogP contribution >= 0.6 is 0 Å². The highest BCUT2D eigenvalue weighted by Crippen LogP contribution is 2.29. The van der Waals surface area contributed by atoms with Crippen LogP contribution < -0.4 is 5.73 Å². The van der Waals surface area contributed by atoms with Crippen molar-refractivity contribution in [3.8, 4) is 12.3 Å². The van der Waals surface area contributed by atoms with Gasteiger partial charge >= 0.3 is 0 Å². The van der Waals surface area contributed by atoms with Crippen LogP contribution in [0.3, 0.4) is 0 Å². The molecule has 0 heterocycles. The second-order valence-electron chi connectivity index (χ2n) is 4.73. The summed E-state index contributed by atoms with van der Waals surface area (Å²) in [6, 6.07) is -0.650. The van der Waals surface area contributed by atoms with Crippen LogP contribution in [-0.4, -0.2) is 31.7 Å². The lowest BCUT2D eigenvalue weighted by atomic mass is 9.83. The standard InChI is InChI=1S/C12H19NO3S/c1-3-5-11(13)12(14)9-6-4-7-10(8-9)17(2,15)16/h1,9-11H,4-8,13H2,2H3. The lowest BCUT2D eigenvalue weighted by Gasteiger charge is -2.28. The van der Waals surface area contributed by atoms with Crippen molar-refractivity contribution in [2.24, 2.45) is 11.7 Å². The molecule has 0 aliphatic heterocycles. The van der Waals surface area contributed by atoms with Crippen LogP contribution in [0.1, 0.15) is 32.1 Å². The molecule has 4 nitrogen and oxygen atoms in total. The van der Waals surface area contributed by atoms with Crippen LogP contribution in [0.2, 0.25) is 0 Å². The molecule has 0 saturated heterocycles. The largest absolute Gasteiger partial charge is 0.321 e. The van der Waals surface area contributed by atoms with Crippen LogP contribution in [0.4, 0.5) is 0 Å². The van der Waals surface area contributed by atoms with Crippen LogP contribution in [0.5, 0.6) is 0 Å². The van der Waals surface area contributed by atoms with Gasteiger partial charge in [-0.2, -0.15) is 0 Å². The number of hydrogen-bond acceptors (Lipinski definition) is 4. The molecule has 0 bridgehead atoms. The van der Waals surface area contributed by atoms with E-state index in [-0.39, 0.29) is 18.1 Å². The van der Waals surface area contributed by atoms with Gasteiger partial charge < -0.3 is 5.73 Å². The Morgan fingerprint density at radius 3 is 2.71 bits per heavy atom. The van der Waals surface area contributed by atoms with Crippen LogP contribution in [0.25, 0.3) is 0 Å². The number of rotatable bonds is 4. The second-order valence-corrected chi connectivity index (χ2v) is 7.06. The maximum Gasteiger partial charge on any atom is 0.153 e. The highest BCUT2D eigenvalue weighted by molar-refractivity contribution is 7.91. The summed E-state index contributed by atoms with van der Waals surface area (Å²) in [5.74, 6) is 2.03. The van der Waals surface area contributed by atoms with Crippen molar-refractivity contribution in [1.82, 2.24) is 0 Å². The minimum Gasteiger partial charge on any atom is -0.321 e. The van der Waals surface area contributed by atoms with Gasteiger partial charge in [-0.3, -0.25) is 4.79 Å². The van der Waals surface area contributed by atoms with E-state index in [1.807, 2.05) is 0 Å². The van der Waals surface area contributed by atoms with Gasteiger partial charge in [-0.25, -0.2) is 8.42 Å². The lowest BCUT2D eigenvalue weighted by molar-refractivity contribution is -0.124. The molecule has 1 fully saturated rings. The number of hydrogen-bond donors (Lipinski definition) is 1. The number of carbonyl (C=O) groups excluding carboxylic acids is 1. The predicted molar refractivity (Wildman–Crippen MR) is 67.0 cm³/mol. The van der Waals surface area contributed by atoms with E-state index in [1.165, 1.54) is 6.26 Å². The Bertz CT molecular complexity index is 422. The van der Waals surface area contributed by atoms with Crippen molar-refractivity contribution in [2.45, 2.75) is 43.4 Å². The Kier molecular flexibility index (Phi) is 4.72. The van der Waals surface area contributed by atoms with E-state index in [0.29, 0.717) is 12.8 Å². The van der Waals surface area contributed by atoms with Crippen LogP contribution in [0, 0.1) is 18.3 Å². The number of carbonyl (C=O) groups is 1. The Balaban J connectivity index is 2.68. The zero-order valence-electron chi connectivity index (χ0n) is 10.1. The molecule has 0 aromatic carbocycles. The van der Waals surface area contributed by atoms with Crippen molar-refractivity contribution in [1.29, 1.82) is 0 Å². The number of terminal acetylenes is 1. The molecule has 96 valence electrons. The molecule has 1 saturated carbocycles. The monoisotopic (exact) mass is 257 g/mol. The molecule has 1 aliphatic rings. The summed E-state index contributed by atoms with van der Waals surface area (Å²) in [5.41, 5.74) is 5.67. The Morgan fingerprint density at radius 1 is 1.53 bits per heavy atom. The molecule has 17 heavy (non-hydrogen) atoms. The van der Waals surface area contributed by atoms with E-state index in [9.17, 15) is 13.2 Å². The molecular formula is C12H19NO3S. The molecule has 0 spiro atoms. The molecule has 5 heteroatoms. The van der Waals surface area contributed by atoms with Gasteiger partial charge in [-0.15, -0.1) is 12.3 Å². The normalized spacial score (nSPS) is 27.1. The SMILES string of the molecule is C#CCC(N)C(=O)C1CCCC(S(C)(=O)=O)C1. The number of Topliss-reactive ketones (excluding diaryl/α,β-unsaturated/α-hetero) is 1. The Labute approximate surface area is 103 Å². The van der Waals surface area contributed by atoms with E-state index in [1.54, 1.807) is 0 Å². The summed E-state index contributed by atoms with van der Waals surface area (Å²) >= 11 is 0. The number of sulfone groups is 1. The van der Waals surface area contributed by atoms with Gasteiger partial charge in [0.25, 0.3) is 0 Å². The molecule has 2 N–H and O–H groups in total. The summed E-state index contributed by atoms with van der Waals surface area (Å²) in [7, 11) is -3.06. The fourth-order valence-corrected chi connectivity index (χ4v) is 3.50. The smallest absolute Gasteiger partial charge is 0.153 e. The van der Waals surface area contributed by atoms with Gasteiger partial charge in [0.2, 0.25) is 0 Å². The molecule has 3 atom stereocenters. The first-order valence-electron chi connectivity index (χ1n) is 5.78. The molecule has 0 amide bonds. The van der Waals surface area contributed by atoms with E-state index in [0.717, 1.165) is 12.8 Å². The van der Waals surface area contributed by atoms with E-state index in [4.69, 9.17) is 12.2 Å². The van der Waals surface area contributed by atoms with Crippen molar-refractivity contribution >= 4 is 15.6 Å². The maximum absolute atomic E-state index is 11.9. The third-order valence-electron chi connectivity index (χ3n) is 3.34. The molecule has 3 unspecified atom stereocenters. The fourth-order valence-electron chi connectivity index (χ4n) is 2.32. The summed E-state index contributed by atoms with van der Waals surface area (Å²) < 4.78 is 23.0. The van der Waals surface area contributed by atoms with Crippen LogP contribution in [-0.2, 0) is 14.6 Å². The van der Waals surface area contributed by atoms with Crippen molar-refractivity contribution in [3.05, 3.63) is 0 Å². The topological polar surface area (TPSA) is 77.2 Å². The minimum atomic E-state index is -3.06. The van der Waals surface area contributed by atoms with E-state index < -0.39 is 21.1 Å². The first-order valence-corrected chi connectivity index (χ1v) is 7.73. The minimum absolute atomic E-state index is 0.0868. The number of ketones is 1. The average molecular weight is 257 g/mol. The van der Waals surface area contributed by atoms with Crippen molar-refractivity contribution in [2.75, 3.05) is 6.26 Å². The quantitative estimate of drug-likeness (QED) is 0.744. The first-order chi connectivity index (χ1) is 7.86. The van der Waals surface area contributed by atoms with E-state index >= 15 is 0 Å². The Morgan fingerprint density at radius 2 is 2.18 bits per heavy atom. The number of nitrogens with two attached hydrogens (primary N) is 1. The third kappa shape index (κ3) is 3.83. The molecule has 0 radical (unpaired) electrons. The molecule has 1 aliphatic carbocycles. The van der Waals surface area contributed by atoms with Crippen molar-refractivity contribution in [3.63, 3.8) is 0 Å². The van der Waals surface area contributed by atoms with Gasteiger partial charge in [0, 0.05) is 18.6 Å². The van der Waals surface area contributed by atoms with Gasteiger partial charge in [0.1, 0.15) is 9.84 Å². The van der Waals surface area contributed by atoms with E-state index in [2.05, 4.69) is 5.92 Å². The molecule has 0 aromatic rings. The summed E-state index contributed by atoms with van der Waals surface area (Å²) in [6.07, 6.45) is 9.10. The lowest BCUT2D eigenvalue weighted by Crippen LogP contribution is -2.39. The second kappa shape index (κ2) is 5.65. The van der Waals surface area contributed by atoms with Gasteiger partial charge in [0.15, 0.2) is 5.78 Å². The first kappa shape index (κ1) is 14.2. The average Bonchev–Trinajstić information content (AvgIpc) is 2.27. The fraction of sp³-hybridized carbons (Fsp3) is 0.750. The van der Waals surface area contributed by atoms with Gasteiger partial charge in [-0.1, -0.05) is 6.42 Å². The highest BCUT2D eigenvalue weighted by atomic mass is 32.2.